The average Bonchev–Trinajstić information content (AvgIpc) is 2.87. The van der Waals surface area contributed by atoms with Gasteiger partial charge in [0.1, 0.15) is 11.6 Å². The van der Waals surface area contributed by atoms with Crippen LogP contribution in [0.4, 0.5) is 18.9 Å². The number of ether oxygens (including phenoxy) is 2. The van der Waals surface area contributed by atoms with Crippen molar-refractivity contribution in [3.05, 3.63) is 59.2 Å². The molecule has 2 amide bonds. The minimum Gasteiger partial charge on any atom is -0.493 e. The second-order valence-electron chi connectivity index (χ2n) is 8.84. The van der Waals surface area contributed by atoms with Crippen molar-refractivity contribution in [2.24, 2.45) is 5.92 Å². The number of nitriles is 1. The van der Waals surface area contributed by atoms with E-state index in [9.17, 15) is 28.0 Å². The molecule has 2 aromatic carbocycles. The van der Waals surface area contributed by atoms with Crippen LogP contribution in [0.1, 0.15) is 43.7 Å². The molecule has 3 rings (SSSR count). The smallest absolute Gasteiger partial charge is 0.416 e. The van der Waals surface area contributed by atoms with Gasteiger partial charge in [-0.2, -0.15) is 18.4 Å². The van der Waals surface area contributed by atoms with Crippen molar-refractivity contribution in [3.63, 3.8) is 0 Å². The van der Waals surface area contributed by atoms with Crippen molar-refractivity contribution in [2.75, 3.05) is 19.0 Å². The molecule has 1 fully saturated rings. The zero-order valence-electron chi connectivity index (χ0n) is 20.5. The number of nitrogens with zero attached hydrogens (tertiary/aromatic N) is 1. The van der Waals surface area contributed by atoms with Crippen LogP contribution in [0.2, 0.25) is 0 Å². The topological polar surface area (TPSA) is 100 Å². The maximum Gasteiger partial charge on any atom is 0.416 e. The number of alkyl halides is 3. The summed E-state index contributed by atoms with van der Waals surface area (Å²) in [6, 6.07) is 10.9. The second kappa shape index (κ2) is 12.3. The Morgan fingerprint density at radius 2 is 1.89 bits per heavy atom. The molecule has 0 heterocycles. The number of halogens is 3. The van der Waals surface area contributed by atoms with Gasteiger partial charge in [0.25, 0.3) is 11.8 Å². The molecule has 0 aliphatic heterocycles. The molecule has 0 saturated heterocycles. The number of methoxy groups -OCH3 is 1. The molecule has 0 unspecified atom stereocenters. The van der Waals surface area contributed by atoms with Gasteiger partial charge in [-0.05, 0) is 60.7 Å². The van der Waals surface area contributed by atoms with E-state index in [1.165, 1.54) is 31.4 Å². The summed E-state index contributed by atoms with van der Waals surface area (Å²) in [5.74, 6) is -0.297. The van der Waals surface area contributed by atoms with E-state index >= 15 is 0 Å². The van der Waals surface area contributed by atoms with Crippen LogP contribution in [0.15, 0.2) is 48.0 Å². The number of anilines is 1. The second-order valence-corrected chi connectivity index (χ2v) is 8.84. The van der Waals surface area contributed by atoms with Gasteiger partial charge in [0.15, 0.2) is 18.1 Å². The summed E-state index contributed by atoms with van der Waals surface area (Å²) < 4.78 is 49.4. The average molecular weight is 516 g/mol. The first-order valence-electron chi connectivity index (χ1n) is 11.8. The molecule has 37 heavy (non-hydrogen) atoms. The van der Waals surface area contributed by atoms with Gasteiger partial charge < -0.3 is 20.1 Å². The molecule has 1 aliphatic carbocycles. The van der Waals surface area contributed by atoms with E-state index < -0.39 is 30.2 Å². The Hall–Kier alpha value is -4.00. The zero-order valence-corrected chi connectivity index (χ0v) is 20.5. The fourth-order valence-electron chi connectivity index (χ4n) is 4.10. The number of benzene rings is 2. The van der Waals surface area contributed by atoms with Crippen LogP contribution in [0.5, 0.6) is 11.5 Å². The highest BCUT2D eigenvalue weighted by Crippen LogP contribution is 2.31. The van der Waals surface area contributed by atoms with Crippen LogP contribution < -0.4 is 20.1 Å². The lowest BCUT2D eigenvalue weighted by molar-refractivity contribution is -0.137. The Balaban J connectivity index is 1.64. The lowest BCUT2D eigenvalue weighted by Crippen LogP contribution is -2.41. The van der Waals surface area contributed by atoms with E-state index in [4.69, 9.17) is 9.47 Å². The molecule has 0 bridgehead atoms. The maximum atomic E-state index is 12.9. The van der Waals surface area contributed by atoms with Crippen LogP contribution in [0, 0.1) is 17.2 Å². The van der Waals surface area contributed by atoms with Gasteiger partial charge in [-0.3, -0.25) is 9.59 Å². The summed E-state index contributed by atoms with van der Waals surface area (Å²) in [5, 5.41) is 14.8. The first-order chi connectivity index (χ1) is 17.6. The first kappa shape index (κ1) is 27.6. The van der Waals surface area contributed by atoms with E-state index in [2.05, 4.69) is 17.6 Å². The van der Waals surface area contributed by atoms with Gasteiger partial charge in [-0.1, -0.05) is 31.9 Å². The Kier molecular flexibility index (Phi) is 9.17. The Morgan fingerprint density at radius 3 is 2.57 bits per heavy atom. The molecule has 2 N–H and O–H groups in total. The molecular weight excluding hydrogens is 487 g/mol. The van der Waals surface area contributed by atoms with Crippen molar-refractivity contribution >= 4 is 23.6 Å². The molecule has 0 radical (unpaired) electrons. The van der Waals surface area contributed by atoms with Gasteiger partial charge in [0.05, 0.1) is 12.7 Å². The molecule has 1 saturated carbocycles. The number of hydrogen-bond acceptors (Lipinski definition) is 5. The Bertz CT molecular complexity index is 1200. The number of nitrogens with one attached hydrogen (secondary N) is 2. The standard InChI is InChI=1S/C27H28F3N3O4/c1-17-6-3-4-9-22(17)33-26(35)19(15-31)12-18-10-11-23(24(13-18)36-2)37-16-25(34)32-21-8-5-7-20(14-21)27(28,29)30/h5,7-8,10-14,17,22H,3-4,6,9,16H2,1-2H3,(H,32,34)(H,33,35)/b19-12+/t17-,22-/m1/s1. The lowest BCUT2D eigenvalue weighted by atomic mass is 9.86. The fraction of sp³-hybridized carbons (Fsp3) is 0.370. The Labute approximate surface area is 213 Å². The highest BCUT2D eigenvalue weighted by molar-refractivity contribution is 6.02. The normalized spacial score (nSPS) is 17.9. The summed E-state index contributed by atoms with van der Waals surface area (Å²) in [5.41, 5.74) is -0.425. The molecular formula is C27H28F3N3O4. The maximum absolute atomic E-state index is 12.9. The van der Waals surface area contributed by atoms with Crippen molar-refractivity contribution < 1.29 is 32.2 Å². The largest absolute Gasteiger partial charge is 0.493 e. The number of carbonyl (C=O) groups excluding carboxylic acids is 2. The van der Waals surface area contributed by atoms with E-state index in [-0.39, 0.29) is 28.8 Å². The predicted octanol–water partition coefficient (Wildman–Crippen LogP) is 5.33. The van der Waals surface area contributed by atoms with Gasteiger partial charge in [-0.15, -0.1) is 0 Å². The molecule has 0 spiro atoms. The van der Waals surface area contributed by atoms with E-state index in [1.807, 2.05) is 6.07 Å². The third-order valence-corrected chi connectivity index (χ3v) is 6.12. The monoisotopic (exact) mass is 515 g/mol. The lowest BCUT2D eigenvalue weighted by Gasteiger charge is -2.29. The minimum absolute atomic E-state index is 0.0131. The van der Waals surface area contributed by atoms with Crippen LogP contribution in [0.3, 0.4) is 0 Å². The van der Waals surface area contributed by atoms with Gasteiger partial charge in [-0.25, -0.2) is 0 Å². The summed E-state index contributed by atoms with van der Waals surface area (Å²) >= 11 is 0. The van der Waals surface area contributed by atoms with Crippen LogP contribution in [-0.4, -0.2) is 31.6 Å². The molecule has 196 valence electrons. The highest BCUT2D eigenvalue weighted by Gasteiger charge is 2.30. The summed E-state index contributed by atoms with van der Waals surface area (Å²) in [6.45, 7) is 1.61. The summed E-state index contributed by atoms with van der Waals surface area (Å²) in [7, 11) is 1.39. The van der Waals surface area contributed by atoms with Gasteiger partial charge in [0, 0.05) is 11.7 Å². The number of amides is 2. The van der Waals surface area contributed by atoms with E-state index in [1.54, 1.807) is 12.1 Å². The molecule has 0 aromatic heterocycles. The van der Waals surface area contributed by atoms with Crippen molar-refractivity contribution in [3.8, 4) is 17.6 Å². The third-order valence-electron chi connectivity index (χ3n) is 6.12. The van der Waals surface area contributed by atoms with Crippen molar-refractivity contribution in [2.45, 2.75) is 44.8 Å². The van der Waals surface area contributed by atoms with Crippen LogP contribution >= 0.6 is 0 Å². The predicted molar refractivity (Wildman–Crippen MR) is 132 cm³/mol. The number of hydrogen-bond donors (Lipinski definition) is 2. The minimum atomic E-state index is -4.53. The van der Waals surface area contributed by atoms with Crippen molar-refractivity contribution in [1.82, 2.24) is 5.32 Å². The Morgan fingerprint density at radius 1 is 1.14 bits per heavy atom. The van der Waals surface area contributed by atoms with Crippen LogP contribution in [0.25, 0.3) is 6.08 Å². The quantitative estimate of drug-likeness (QED) is 0.366. The SMILES string of the molecule is COc1cc(/C=C(\C#N)C(=O)N[C@@H]2CCCC[C@H]2C)ccc1OCC(=O)Nc1cccc(C(F)(F)F)c1. The number of carbonyl (C=O) groups is 2. The third kappa shape index (κ3) is 7.74. The van der Waals surface area contributed by atoms with Crippen LogP contribution in [-0.2, 0) is 15.8 Å². The molecule has 2 atom stereocenters. The molecule has 1 aliphatic rings. The first-order valence-corrected chi connectivity index (χ1v) is 11.8. The van der Waals surface area contributed by atoms with Crippen molar-refractivity contribution in [1.29, 1.82) is 5.26 Å². The molecule has 10 heteroatoms. The summed E-state index contributed by atoms with van der Waals surface area (Å²) in [6.07, 6.45) is 1.00. The van der Waals surface area contributed by atoms with Gasteiger partial charge >= 0.3 is 6.18 Å². The molecule has 2 aromatic rings. The number of rotatable bonds is 8. The zero-order chi connectivity index (χ0) is 27.0. The van der Waals surface area contributed by atoms with E-state index in [0.29, 0.717) is 11.5 Å². The fourth-order valence-corrected chi connectivity index (χ4v) is 4.10. The van der Waals surface area contributed by atoms with E-state index in [0.717, 1.165) is 37.8 Å². The molecule has 7 nitrogen and oxygen atoms in total. The highest BCUT2D eigenvalue weighted by atomic mass is 19.4. The van der Waals surface area contributed by atoms with Gasteiger partial charge in [0.2, 0.25) is 0 Å². The summed E-state index contributed by atoms with van der Waals surface area (Å²) in [4.78, 5) is 24.9.